The molecular weight excluding hydrogens is 372 g/mol. The zero-order chi connectivity index (χ0) is 19.3. The van der Waals surface area contributed by atoms with Gasteiger partial charge in [-0.05, 0) is 56.2 Å². The highest BCUT2D eigenvalue weighted by Gasteiger charge is 2.32. The van der Waals surface area contributed by atoms with E-state index in [4.69, 9.17) is 10.7 Å². The third-order valence-electron chi connectivity index (χ3n) is 6.08. The van der Waals surface area contributed by atoms with E-state index in [-0.39, 0.29) is 11.8 Å². The molecule has 2 amide bonds. The van der Waals surface area contributed by atoms with Crippen LogP contribution in [0, 0.1) is 0 Å². The fourth-order valence-corrected chi connectivity index (χ4v) is 5.93. The van der Waals surface area contributed by atoms with E-state index in [0.717, 1.165) is 60.7 Å². The van der Waals surface area contributed by atoms with Crippen molar-refractivity contribution in [3.05, 3.63) is 38.8 Å². The Bertz CT molecular complexity index is 938. The highest BCUT2D eigenvalue weighted by molar-refractivity contribution is 7.11. The molecule has 1 aromatic carbocycles. The Balaban J connectivity index is 1.61. The minimum absolute atomic E-state index is 0.00451. The molecule has 146 valence electrons. The minimum atomic E-state index is -0.418. The van der Waals surface area contributed by atoms with Crippen molar-refractivity contribution in [1.82, 2.24) is 4.98 Å². The summed E-state index contributed by atoms with van der Waals surface area (Å²) in [6, 6.07) is 3.84. The maximum atomic E-state index is 12.5. The van der Waals surface area contributed by atoms with E-state index in [9.17, 15) is 9.59 Å². The molecule has 3 heterocycles. The summed E-state index contributed by atoms with van der Waals surface area (Å²) in [7, 11) is 0. The number of carbonyl (C=O) groups is 2. The van der Waals surface area contributed by atoms with Gasteiger partial charge in [-0.3, -0.25) is 9.59 Å². The molecule has 1 aliphatic carbocycles. The summed E-state index contributed by atoms with van der Waals surface area (Å²) in [4.78, 5) is 33.1. The van der Waals surface area contributed by atoms with Gasteiger partial charge in [0.05, 0.1) is 16.9 Å². The molecule has 5 rings (SSSR count). The molecule has 0 bridgehead atoms. The van der Waals surface area contributed by atoms with E-state index in [1.165, 1.54) is 23.4 Å². The number of anilines is 2. The van der Waals surface area contributed by atoms with Crippen LogP contribution in [-0.4, -0.2) is 29.9 Å². The van der Waals surface area contributed by atoms with Gasteiger partial charge in [-0.25, -0.2) is 4.98 Å². The lowest BCUT2D eigenvalue weighted by molar-refractivity contribution is -0.116. The zero-order valence-electron chi connectivity index (χ0n) is 15.8. The van der Waals surface area contributed by atoms with Crippen molar-refractivity contribution in [1.29, 1.82) is 0 Å². The standard InChI is InChI=1S/C21H24N4O2S/c22-20(27)14-9-12-13(21-24-15-5-1-2-6-18(15)28-21)10-19(26)23-16(12)11-17(14)25-7-3-4-8-25/h9,11,13H,1-8,10H2,(H2,22,27)(H,23,26). The van der Waals surface area contributed by atoms with E-state index < -0.39 is 5.91 Å². The Hall–Kier alpha value is -2.41. The van der Waals surface area contributed by atoms with Crippen molar-refractivity contribution in [2.75, 3.05) is 23.3 Å². The molecule has 1 aromatic heterocycles. The number of thiazole rings is 1. The number of amides is 2. The molecule has 1 unspecified atom stereocenters. The van der Waals surface area contributed by atoms with Crippen molar-refractivity contribution >= 4 is 34.5 Å². The first-order valence-electron chi connectivity index (χ1n) is 10.1. The average molecular weight is 397 g/mol. The van der Waals surface area contributed by atoms with Gasteiger partial charge in [0, 0.05) is 36.0 Å². The fraction of sp³-hybridized carbons (Fsp3) is 0.476. The summed E-state index contributed by atoms with van der Waals surface area (Å²) in [6.07, 6.45) is 7.08. The van der Waals surface area contributed by atoms with E-state index in [2.05, 4.69) is 10.2 Å². The van der Waals surface area contributed by atoms with Crippen molar-refractivity contribution in [3.8, 4) is 0 Å². The Morgan fingerprint density at radius 2 is 1.96 bits per heavy atom. The number of nitrogens with one attached hydrogen (secondary N) is 1. The zero-order valence-corrected chi connectivity index (χ0v) is 16.6. The van der Waals surface area contributed by atoms with Crippen LogP contribution >= 0.6 is 11.3 Å². The number of benzene rings is 1. The number of rotatable bonds is 3. The highest BCUT2D eigenvalue weighted by atomic mass is 32.1. The van der Waals surface area contributed by atoms with Crippen LogP contribution in [-0.2, 0) is 17.6 Å². The predicted molar refractivity (Wildman–Crippen MR) is 110 cm³/mol. The Kier molecular flexibility index (Phi) is 4.34. The van der Waals surface area contributed by atoms with Crippen LogP contribution in [0.1, 0.15) is 69.5 Å². The third kappa shape index (κ3) is 2.98. The van der Waals surface area contributed by atoms with Gasteiger partial charge in [0.15, 0.2) is 0 Å². The minimum Gasteiger partial charge on any atom is -0.371 e. The molecule has 1 saturated heterocycles. The van der Waals surface area contributed by atoms with Gasteiger partial charge in [0.1, 0.15) is 5.01 Å². The molecule has 0 saturated carbocycles. The fourth-order valence-electron chi connectivity index (χ4n) is 4.66. The molecule has 28 heavy (non-hydrogen) atoms. The van der Waals surface area contributed by atoms with Crippen LogP contribution in [0.5, 0.6) is 0 Å². The number of carbonyl (C=O) groups excluding carboxylic acids is 2. The third-order valence-corrected chi connectivity index (χ3v) is 7.35. The van der Waals surface area contributed by atoms with E-state index >= 15 is 0 Å². The number of aromatic nitrogens is 1. The Morgan fingerprint density at radius 3 is 2.71 bits per heavy atom. The first-order chi connectivity index (χ1) is 13.6. The smallest absolute Gasteiger partial charge is 0.250 e. The van der Waals surface area contributed by atoms with Crippen molar-refractivity contribution in [3.63, 3.8) is 0 Å². The number of hydrogen-bond acceptors (Lipinski definition) is 5. The van der Waals surface area contributed by atoms with Crippen molar-refractivity contribution in [2.24, 2.45) is 5.73 Å². The van der Waals surface area contributed by atoms with Crippen molar-refractivity contribution < 1.29 is 9.59 Å². The predicted octanol–water partition coefficient (Wildman–Crippen LogP) is 3.20. The number of nitrogens with two attached hydrogens (primary N) is 1. The quantitative estimate of drug-likeness (QED) is 0.834. The summed E-state index contributed by atoms with van der Waals surface area (Å²) in [5.74, 6) is -0.520. The SMILES string of the molecule is NC(=O)c1cc2c(cc1N1CCCC1)NC(=O)CC2c1nc2c(s1)CCCC2. The molecule has 6 nitrogen and oxygen atoms in total. The van der Waals surface area contributed by atoms with Crippen molar-refractivity contribution in [2.45, 2.75) is 50.9 Å². The van der Waals surface area contributed by atoms with Crippen LogP contribution in [0.15, 0.2) is 12.1 Å². The lowest BCUT2D eigenvalue weighted by Gasteiger charge is -2.28. The van der Waals surface area contributed by atoms with E-state index in [1.807, 2.05) is 12.1 Å². The summed E-state index contributed by atoms with van der Waals surface area (Å²) in [5, 5.41) is 4.00. The number of aryl methyl sites for hydroxylation is 2. The number of primary amides is 1. The van der Waals surface area contributed by atoms with Gasteiger partial charge in [0.2, 0.25) is 5.91 Å². The van der Waals surface area contributed by atoms with Crippen LogP contribution in [0.2, 0.25) is 0 Å². The second-order valence-electron chi connectivity index (χ2n) is 7.95. The van der Waals surface area contributed by atoms with Gasteiger partial charge >= 0.3 is 0 Å². The van der Waals surface area contributed by atoms with Gasteiger partial charge in [-0.2, -0.15) is 0 Å². The van der Waals surface area contributed by atoms with E-state index in [0.29, 0.717) is 12.0 Å². The molecule has 1 atom stereocenters. The summed E-state index contributed by atoms with van der Waals surface area (Å²) in [5.41, 5.74) is 10.1. The molecule has 1 fully saturated rings. The molecule has 0 radical (unpaired) electrons. The second-order valence-corrected chi connectivity index (χ2v) is 9.06. The average Bonchev–Trinajstić information content (AvgIpc) is 3.35. The lowest BCUT2D eigenvalue weighted by atomic mass is 9.88. The lowest BCUT2D eigenvalue weighted by Crippen LogP contribution is -2.27. The molecule has 3 aliphatic rings. The molecular formula is C21H24N4O2S. The van der Waals surface area contributed by atoms with Gasteiger partial charge < -0.3 is 16.0 Å². The monoisotopic (exact) mass is 396 g/mol. The summed E-state index contributed by atoms with van der Waals surface area (Å²) < 4.78 is 0. The topological polar surface area (TPSA) is 88.3 Å². The first-order valence-corrected chi connectivity index (χ1v) is 10.9. The number of nitrogens with zero attached hydrogens (tertiary/aromatic N) is 2. The van der Waals surface area contributed by atoms with Crippen LogP contribution < -0.4 is 16.0 Å². The van der Waals surface area contributed by atoms with Crippen LogP contribution in [0.25, 0.3) is 0 Å². The maximum Gasteiger partial charge on any atom is 0.250 e. The Morgan fingerprint density at radius 1 is 1.18 bits per heavy atom. The van der Waals surface area contributed by atoms with Crippen LogP contribution in [0.3, 0.4) is 0 Å². The maximum absolute atomic E-state index is 12.5. The summed E-state index contributed by atoms with van der Waals surface area (Å²) in [6.45, 7) is 1.82. The van der Waals surface area contributed by atoms with Gasteiger partial charge in [-0.1, -0.05) is 0 Å². The first kappa shape index (κ1) is 17.7. The molecule has 7 heteroatoms. The molecule has 3 N–H and O–H groups in total. The van der Waals surface area contributed by atoms with E-state index in [1.54, 1.807) is 11.3 Å². The number of hydrogen-bond donors (Lipinski definition) is 2. The summed E-state index contributed by atoms with van der Waals surface area (Å²) >= 11 is 1.73. The van der Waals surface area contributed by atoms with Gasteiger partial charge in [0.25, 0.3) is 5.91 Å². The largest absolute Gasteiger partial charge is 0.371 e. The number of fused-ring (bicyclic) bond motifs is 2. The molecule has 2 aliphatic heterocycles. The molecule has 2 aromatic rings. The van der Waals surface area contributed by atoms with Gasteiger partial charge in [-0.15, -0.1) is 11.3 Å². The second kappa shape index (κ2) is 6.88. The molecule has 0 spiro atoms. The Labute approximate surface area is 168 Å². The normalized spacial score (nSPS) is 21.2. The highest BCUT2D eigenvalue weighted by Crippen LogP contribution is 2.43. The van der Waals surface area contributed by atoms with Crippen LogP contribution in [0.4, 0.5) is 11.4 Å².